The van der Waals surface area contributed by atoms with E-state index in [1.165, 1.54) is 6.07 Å². The Labute approximate surface area is 83.9 Å². The molecule has 1 fully saturated rings. The third-order valence-electron chi connectivity index (χ3n) is 3.12. The molecule has 0 atom stereocenters. The van der Waals surface area contributed by atoms with Gasteiger partial charge in [-0.3, -0.25) is 0 Å². The molecule has 0 saturated carbocycles. The Kier molecular flexibility index (Phi) is 2.55. The van der Waals surface area contributed by atoms with Crippen LogP contribution in [0.15, 0.2) is 24.3 Å². The van der Waals surface area contributed by atoms with Crippen molar-refractivity contribution in [2.75, 3.05) is 13.2 Å². The van der Waals surface area contributed by atoms with Crippen LogP contribution in [-0.2, 0) is 10.2 Å². The van der Waals surface area contributed by atoms with Gasteiger partial charge in [0.05, 0.1) is 0 Å². The van der Waals surface area contributed by atoms with Crippen molar-refractivity contribution in [2.24, 2.45) is 0 Å². The first-order valence-electron chi connectivity index (χ1n) is 5.04. The summed E-state index contributed by atoms with van der Waals surface area (Å²) in [5.74, 6) is -0.143. The standard InChI is InChI=1S/C12H15FO/c1-12(5-7-14-8-6-12)10-3-2-4-11(13)9-10/h2-4,9H,5-8H2,1H3. The van der Waals surface area contributed by atoms with E-state index in [1.807, 2.05) is 6.07 Å². The minimum atomic E-state index is -0.143. The number of rotatable bonds is 1. The minimum Gasteiger partial charge on any atom is -0.381 e. The topological polar surface area (TPSA) is 9.23 Å². The molecule has 0 aromatic heterocycles. The fourth-order valence-corrected chi connectivity index (χ4v) is 1.97. The molecule has 1 nitrogen and oxygen atoms in total. The molecule has 0 bridgehead atoms. The fourth-order valence-electron chi connectivity index (χ4n) is 1.97. The lowest BCUT2D eigenvalue weighted by molar-refractivity contribution is 0.0563. The molecule has 1 heterocycles. The van der Waals surface area contributed by atoms with Gasteiger partial charge in [0.2, 0.25) is 0 Å². The maximum absolute atomic E-state index is 13.1. The van der Waals surface area contributed by atoms with Crippen LogP contribution in [0.5, 0.6) is 0 Å². The normalized spacial score (nSPS) is 20.7. The van der Waals surface area contributed by atoms with Gasteiger partial charge < -0.3 is 4.74 Å². The second kappa shape index (κ2) is 3.70. The van der Waals surface area contributed by atoms with E-state index < -0.39 is 0 Å². The molecular weight excluding hydrogens is 179 g/mol. The average molecular weight is 194 g/mol. The van der Waals surface area contributed by atoms with Gasteiger partial charge in [-0.2, -0.15) is 0 Å². The van der Waals surface area contributed by atoms with Crippen molar-refractivity contribution >= 4 is 0 Å². The first-order valence-corrected chi connectivity index (χ1v) is 5.04. The van der Waals surface area contributed by atoms with Crippen LogP contribution in [0.2, 0.25) is 0 Å². The van der Waals surface area contributed by atoms with E-state index in [0.29, 0.717) is 0 Å². The monoisotopic (exact) mass is 194 g/mol. The van der Waals surface area contributed by atoms with E-state index in [2.05, 4.69) is 6.92 Å². The number of hydrogen-bond donors (Lipinski definition) is 0. The molecule has 0 aliphatic carbocycles. The van der Waals surface area contributed by atoms with Crippen LogP contribution < -0.4 is 0 Å². The number of benzene rings is 1. The summed E-state index contributed by atoms with van der Waals surface area (Å²) in [6, 6.07) is 6.93. The molecule has 2 rings (SSSR count). The maximum Gasteiger partial charge on any atom is 0.123 e. The average Bonchev–Trinajstić information content (AvgIpc) is 2.19. The van der Waals surface area contributed by atoms with Crippen LogP contribution in [0, 0.1) is 5.82 Å². The second-order valence-electron chi connectivity index (χ2n) is 4.18. The molecule has 0 spiro atoms. The van der Waals surface area contributed by atoms with Crippen molar-refractivity contribution in [2.45, 2.75) is 25.2 Å². The Hall–Kier alpha value is -0.890. The number of halogens is 1. The summed E-state index contributed by atoms with van der Waals surface area (Å²) in [4.78, 5) is 0. The van der Waals surface area contributed by atoms with E-state index in [1.54, 1.807) is 12.1 Å². The van der Waals surface area contributed by atoms with E-state index in [-0.39, 0.29) is 11.2 Å². The second-order valence-corrected chi connectivity index (χ2v) is 4.18. The maximum atomic E-state index is 13.1. The third kappa shape index (κ3) is 1.80. The molecule has 0 amide bonds. The zero-order chi connectivity index (χ0) is 10.0. The highest BCUT2D eigenvalue weighted by Gasteiger charge is 2.29. The summed E-state index contributed by atoms with van der Waals surface area (Å²) in [7, 11) is 0. The van der Waals surface area contributed by atoms with Crippen LogP contribution >= 0.6 is 0 Å². The summed E-state index contributed by atoms with van der Waals surface area (Å²) < 4.78 is 18.4. The van der Waals surface area contributed by atoms with Crippen molar-refractivity contribution in [3.8, 4) is 0 Å². The van der Waals surface area contributed by atoms with E-state index in [4.69, 9.17) is 4.74 Å². The molecule has 1 aliphatic heterocycles. The lowest BCUT2D eigenvalue weighted by Gasteiger charge is -2.34. The predicted molar refractivity (Wildman–Crippen MR) is 53.8 cm³/mol. The minimum absolute atomic E-state index is 0.0976. The predicted octanol–water partition coefficient (Wildman–Crippen LogP) is 2.89. The zero-order valence-electron chi connectivity index (χ0n) is 8.42. The van der Waals surface area contributed by atoms with Crippen molar-refractivity contribution in [1.82, 2.24) is 0 Å². The summed E-state index contributed by atoms with van der Waals surface area (Å²) in [6.07, 6.45) is 1.97. The molecule has 14 heavy (non-hydrogen) atoms. The van der Waals surface area contributed by atoms with Gasteiger partial charge >= 0.3 is 0 Å². The van der Waals surface area contributed by atoms with Crippen molar-refractivity contribution < 1.29 is 9.13 Å². The molecule has 1 aromatic rings. The van der Waals surface area contributed by atoms with Gasteiger partial charge in [0.15, 0.2) is 0 Å². The molecule has 0 unspecified atom stereocenters. The smallest absolute Gasteiger partial charge is 0.123 e. The van der Waals surface area contributed by atoms with Gasteiger partial charge in [-0.15, -0.1) is 0 Å². The third-order valence-corrected chi connectivity index (χ3v) is 3.12. The molecule has 2 heteroatoms. The van der Waals surface area contributed by atoms with Crippen LogP contribution in [0.3, 0.4) is 0 Å². The first kappa shape index (κ1) is 9.66. The van der Waals surface area contributed by atoms with Gasteiger partial charge in [-0.05, 0) is 36.0 Å². The molecule has 0 radical (unpaired) electrons. The quantitative estimate of drug-likeness (QED) is 0.668. The first-order chi connectivity index (χ1) is 6.71. The van der Waals surface area contributed by atoms with E-state index in [9.17, 15) is 4.39 Å². The highest BCUT2D eigenvalue weighted by atomic mass is 19.1. The molecule has 1 saturated heterocycles. The van der Waals surface area contributed by atoms with E-state index >= 15 is 0 Å². The van der Waals surface area contributed by atoms with Crippen LogP contribution in [-0.4, -0.2) is 13.2 Å². The Balaban J connectivity index is 2.28. The molecule has 76 valence electrons. The Bertz CT molecular complexity index is 316. The van der Waals surface area contributed by atoms with E-state index in [0.717, 1.165) is 31.6 Å². The number of hydrogen-bond acceptors (Lipinski definition) is 1. The fraction of sp³-hybridized carbons (Fsp3) is 0.500. The summed E-state index contributed by atoms with van der Waals surface area (Å²) in [6.45, 7) is 3.75. The van der Waals surface area contributed by atoms with Crippen LogP contribution in [0.1, 0.15) is 25.3 Å². The lowest BCUT2D eigenvalue weighted by Crippen LogP contribution is -2.30. The highest BCUT2D eigenvalue weighted by molar-refractivity contribution is 5.25. The SMILES string of the molecule is CC1(c2cccc(F)c2)CCOCC1. The Morgan fingerprint density at radius 1 is 1.29 bits per heavy atom. The zero-order valence-corrected chi connectivity index (χ0v) is 8.42. The largest absolute Gasteiger partial charge is 0.381 e. The van der Waals surface area contributed by atoms with Crippen LogP contribution in [0.4, 0.5) is 4.39 Å². The van der Waals surface area contributed by atoms with Gasteiger partial charge in [-0.25, -0.2) is 4.39 Å². The van der Waals surface area contributed by atoms with Crippen molar-refractivity contribution in [3.05, 3.63) is 35.6 Å². The Morgan fingerprint density at radius 2 is 2.00 bits per heavy atom. The summed E-state index contributed by atoms with van der Waals surface area (Å²) >= 11 is 0. The van der Waals surface area contributed by atoms with Crippen molar-refractivity contribution in [3.63, 3.8) is 0 Å². The Morgan fingerprint density at radius 3 is 2.64 bits per heavy atom. The summed E-state index contributed by atoms with van der Waals surface area (Å²) in [5, 5.41) is 0. The van der Waals surface area contributed by atoms with Gasteiger partial charge in [-0.1, -0.05) is 19.1 Å². The molecule has 1 aliphatic rings. The highest BCUT2D eigenvalue weighted by Crippen LogP contribution is 2.34. The number of ether oxygens (including phenoxy) is 1. The molecule has 0 N–H and O–H groups in total. The molecular formula is C12H15FO. The summed E-state index contributed by atoms with van der Waals surface area (Å²) in [5.41, 5.74) is 1.20. The molecule has 1 aromatic carbocycles. The lowest BCUT2D eigenvalue weighted by atomic mass is 9.76. The van der Waals surface area contributed by atoms with Crippen molar-refractivity contribution in [1.29, 1.82) is 0 Å². The van der Waals surface area contributed by atoms with Gasteiger partial charge in [0.1, 0.15) is 5.82 Å². The van der Waals surface area contributed by atoms with Crippen LogP contribution in [0.25, 0.3) is 0 Å². The van der Waals surface area contributed by atoms with Gasteiger partial charge in [0.25, 0.3) is 0 Å². The van der Waals surface area contributed by atoms with Gasteiger partial charge in [0, 0.05) is 13.2 Å².